The average Bonchev–Trinajstić information content (AvgIpc) is 3.25. The number of fused-ring (bicyclic) bond motifs is 1. The maximum Gasteiger partial charge on any atom is 0.453 e. The molecule has 0 atom stereocenters. The Balaban J connectivity index is 1.58. The molecule has 3 aromatic rings. The zero-order chi connectivity index (χ0) is 19.9. The smallest absolute Gasteiger partial charge is 0.354 e. The lowest BCUT2D eigenvalue weighted by molar-refractivity contribution is -0.146. The van der Waals surface area contributed by atoms with Crippen molar-refractivity contribution in [3.05, 3.63) is 30.5 Å². The van der Waals surface area contributed by atoms with E-state index >= 15 is 0 Å². The molecule has 0 amide bonds. The quantitative estimate of drug-likeness (QED) is 0.671. The minimum Gasteiger partial charge on any atom is -0.354 e. The Morgan fingerprint density at radius 2 is 1.89 bits per heavy atom. The van der Waals surface area contributed by atoms with Gasteiger partial charge in [0.05, 0.1) is 12.5 Å². The van der Waals surface area contributed by atoms with Crippen molar-refractivity contribution >= 4 is 21.5 Å². The van der Waals surface area contributed by atoms with Crippen LogP contribution in [-0.4, -0.2) is 68.7 Å². The summed E-state index contributed by atoms with van der Waals surface area (Å²) in [5.74, 6) is -0.916. The third-order valence-electron chi connectivity index (χ3n) is 4.37. The van der Waals surface area contributed by atoms with Gasteiger partial charge in [-0.2, -0.15) is 22.0 Å². The predicted octanol–water partition coefficient (Wildman–Crippen LogP) is 0.767. The third-order valence-corrected chi connectivity index (χ3v) is 6.20. The zero-order valence-corrected chi connectivity index (χ0v) is 15.2. The van der Waals surface area contributed by atoms with E-state index in [4.69, 9.17) is 0 Å². The summed E-state index contributed by atoms with van der Waals surface area (Å²) in [6, 6.07) is 2.94. The third kappa shape index (κ3) is 3.28. The molecule has 14 heteroatoms. The normalized spacial score (nSPS) is 17.2. The van der Waals surface area contributed by atoms with Crippen LogP contribution in [-0.2, 0) is 16.2 Å². The van der Waals surface area contributed by atoms with Crippen LogP contribution < -0.4 is 4.90 Å². The van der Waals surface area contributed by atoms with E-state index in [9.17, 15) is 21.6 Å². The van der Waals surface area contributed by atoms with Gasteiger partial charge in [-0.1, -0.05) is 0 Å². The number of hydrogen-bond acceptors (Lipinski definition) is 7. The highest BCUT2D eigenvalue weighted by molar-refractivity contribution is 7.89. The maximum absolute atomic E-state index is 13.0. The first-order valence-electron chi connectivity index (χ1n) is 8.30. The first kappa shape index (κ1) is 18.6. The van der Waals surface area contributed by atoms with E-state index in [0.29, 0.717) is 23.3 Å². The molecule has 3 aromatic heterocycles. The Hall–Kier alpha value is -2.74. The van der Waals surface area contributed by atoms with Gasteiger partial charge in [0.2, 0.25) is 0 Å². The molecule has 150 valence electrons. The lowest BCUT2D eigenvalue weighted by Crippen LogP contribution is -2.35. The molecular weight excluding hydrogens is 401 g/mol. The highest BCUT2D eigenvalue weighted by Gasteiger charge is 2.38. The molecule has 4 heterocycles. The summed E-state index contributed by atoms with van der Waals surface area (Å²) in [7, 11) is -3.71. The van der Waals surface area contributed by atoms with Gasteiger partial charge in [0.15, 0.2) is 10.7 Å². The van der Waals surface area contributed by atoms with Gasteiger partial charge in [-0.25, -0.2) is 13.4 Å². The van der Waals surface area contributed by atoms with Crippen molar-refractivity contribution < 1.29 is 21.6 Å². The Labute approximate surface area is 157 Å². The van der Waals surface area contributed by atoms with Crippen LogP contribution in [0.25, 0.3) is 5.65 Å². The number of imidazole rings is 1. The van der Waals surface area contributed by atoms with Crippen molar-refractivity contribution in [3.63, 3.8) is 0 Å². The number of nitrogens with one attached hydrogen (secondary N) is 1. The van der Waals surface area contributed by atoms with E-state index < -0.39 is 22.0 Å². The Morgan fingerprint density at radius 1 is 1.07 bits per heavy atom. The Bertz CT molecular complexity index is 1080. The first-order chi connectivity index (χ1) is 13.3. The summed E-state index contributed by atoms with van der Waals surface area (Å²) >= 11 is 0. The SMILES string of the molecule is O=S(=O)(c1cnc[nH]1)N1CCCN(c2ccc3nnc(C(F)(F)F)n3n2)CC1. The second-order valence-electron chi connectivity index (χ2n) is 6.14. The lowest BCUT2D eigenvalue weighted by atomic mass is 10.4. The minimum atomic E-state index is -4.68. The van der Waals surface area contributed by atoms with Crippen molar-refractivity contribution in [1.29, 1.82) is 0 Å². The maximum atomic E-state index is 13.0. The molecule has 1 aliphatic rings. The molecule has 4 rings (SSSR count). The van der Waals surface area contributed by atoms with Crippen molar-refractivity contribution in [3.8, 4) is 0 Å². The number of anilines is 1. The second kappa shape index (κ2) is 6.70. The number of H-pyrrole nitrogens is 1. The largest absolute Gasteiger partial charge is 0.453 e. The number of alkyl halides is 3. The summed E-state index contributed by atoms with van der Waals surface area (Å²) in [6.45, 7) is 1.15. The van der Waals surface area contributed by atoms with Gasteiger partial charge in [0, 0.05) is 26.2 Å². The summed E-state index contributed by atoms with van der Waals surface area (Å²) in [4.78, 5) is 8.06. The number of aromatic amines is 1. The lowest BCUT2D eigenvalue weighted by Gasteiger charge is -2.22. The topological polar surface area (TPSA) is 112 Å². The number of halogens is 3. The van der Waals surface area contributed by atoms with E-state index in [1.54, 1.807) is 11.0 Å². The van der Waals surface area contributed by atoms with Gasteiger partial charge in [0.1, 0.15) is 5.82 Å². The molecule has 10 nitrogen and oxygen atoms in total. The zero-order valence-electron chi connectivity index (χ0n) is 14.3. The highest BCUT2D eigenvalue weighted by atomic mass is 32.2. The summed E-state index contributed by atoms with van der Waals surface area (Å²) in [6.07, 6.45) is -1.67. The van der Waals surface area contributed by atoms with Crippen molar-refractivity contribution in [2.45, 2.75) is 17.6 Å². The summed E-state index contributed by atoms with van der Waals surface area (Å²) in [5.41, 5.74) is -0.0191. The average molecular weight is 416 g/mol. The number of rotatable bonds is 3. The first-order valence-corrected chi connectivity index (χ1v) is 9.74. The molecule has 1 aliphatic heterocycles. The van der Waals surface area contributed by atoms with Crippen LogP contribution >= 0.6 is 0 Å². The van der Waals surface area contributed by atoms with E-state index in [-0.39, 0.29) is 30.3 Å². The van der Waals surface area contributed by atoms with Crippen molar-refractivity contribution in [1.82, 2.24) is 34.1 Å². The van der Waals surface area contributed by atoms with Gasteiger partial charge >= 0.3 is 6.18 Å². The van der Waals surface area contributed by atoms with E-state index in [2.05, 4.69) is 25.3 Å². The Kier molecular flexibility index (Phi) is 4.45. The summed E-state index contributed by atoms with van der Waals surface area (Å²) < 4.78 is 66.3. The van der Waals surface area contributed by atoms with Crippen LogP contribution in [0.1, 0.15) is 12.2 Å². The Morgan fingerprint density at radius 3 is 2.61 bits per heavy atom. The number of sulfonamides is 1. The summed E-state index contributed by atoms with van der Waals surface area (Å²) in [5, 5.41) is 10.6. The van der Waals surface area contributed by atoms with Gasteiger partial charge in [-0.05, 0) is 18.6 Å². The predicted molar refractivity (Wildman–Crippen MR) is 90.0 cm³/mol. The molecule has 0 radical (unpaired) electrons. The van der Waals surface area contributed by atoms with Crippen LogP contribution in [0.2, 0.25) is 0 Å². The molecule has 0 spiro atoms. The molecule has 1 saturated heterocycles. The highest BCUT2D eigenvalue weighted by Crippen LogP contribution is 2.28. The van der Waals surface area contributed by atoms with Crippen LogP contribution in [0.3, 0.4) is 0 Å². The second-order valence-corrected chi connectivity index (χ2v) is 8.05. The van der Waals surface area contributed by atoms with Gasteiger partial charge in [-0.3, -0.25) is 0 Å². The van der Waals surface area contributed by atoms with Crippen LogP contribution in [0, 0.1) is 0 Å². The number of nitrogens with zero attached hydrogens (tertiary/aromatic N) is 7. The minimum absolute atomic E-state index is 0.000182. The van der Waals surface area contributed by atoms with Crippen LogP contribution in [0.15, 0.2) is 29.7 Å². The fraction of sp³-hybridized carbons (Fsp3) is 0.429. The standard InChI is InChI=1S/C14H15F3N8O2S/c15-14(16,17)13-21-20-10-2-3-11(22-25(10)13)23-4-1-5-24(7-6-23)28(26,27)12-8-18-9-19-12/h2-3,8-9H,1,4-7H2,(H,18,19). The molecule has 0 unspecified atom stereocenters. The molecule has 0 aromatic carbocycles. The molecule has 28 heavy (non-hydrogen) atoms. The molecule has 0 saturated carbocycles. The number of hydrogen-bond donors (Lipinski definition) is 1. The molecule has 0 aliphatic carbocycles. The molecule has 1 fully saturated rings. The molecular formula is C14H15F3N8O2S. The van der Waals surface area contributed by atoms with Gasteiger partial charge < -0.3 is 9.88 Å². The van der Waals surface area contributed by atoms with Crippen molar-refractivity contribution in [2.75, 3.05) is 31.1 Å². The van der Waals surface area contributed by atoms with E-state index in [1.807, 2.05) is 0 Å². The van der Waals surface area contributed by atoms with Gasteiger partial charge in [0.25, 0.3) is 15.8 Å². The van der Waals surface area contributed by atoms with E-state index in [0.717, 1.165) is 0 Å². The fourth-order valence-electron chi connectivity index (χ4n) is 3.01. The van der Waals surface area contributed by atoms with Crippen LogP contribution in [0.5, 0.6) is 0 Å². The molecule has 1 N–H and O–H groups in total. The fourth-order valence-corrected chi connectivity index (χ4v) is 4.38. The van der Waals surface area contributed by atoms with Crippen LogP contribution in [0.4, 0.5) is 19.0 Å². The number of aromatic nitrogens is 6. The molecule has 0 bridgehead atoms. The van der Waals surface area contributed by atoms with Crippen molar-refractivity contribution in [2.24, 2.45) is 0 Å². The monoisotopic (exact) mass is 416 g/mol. The van der Waals surface area contributed by atoms with E-state index in [1.165, 1.54) is 22.9 Å². The van der Waals surface area contributed by atoms with Gasteiger partial charge in [-0.15, -0.1) is 15.3 Å².